The highest BCUT2D eigenvalue weighted by atomic mass is 32.1. The molecule has 0 bridgehead atoms. The van der Waals surface area contributed by atoms with Crippen LogP contribution in [-0.2, 0) is 6.42 Å². The Morgan fingerprint density at radius 1 is 1.25 bits per heavy atom. The monoisotopic (exact) mass is 233 g/mol. The molecule has 1 aromatic carbocycles. The summed E-state index contributed by atoms with van der Waals surface area (Å²) in [6, 6.07) is 8.60. The molecule has 1 aromatic heterocycles. The van der Waals surface area contributed by atoms with Gasteiger partial charge in [-0.2, -0.15) is 0 Å². The van der Waals surface area contributed by atoms with Crippen LogP contribution in [0.1, 0.15) is 18.9 Å². The number of methoxy groups -OCH3 is 1. The minimum absolute atomic E-state index is 0.692. The molecule has 0 unspecified atom stereocenters. The third-order valence-corrected chi connectivity index (χ3v) is 3.30. The topological polar surface area (TPSA) is 22.1 Å². The van der Waals surface area contributed by atoms with Gasteiger partial charge < -0.3 is 4.74 Å². The number of hydrogen-bond donors (Lipinski definition) is 0. The van der Waals surface area contributed by atoms with E-state index in [0.29, 0.717) is 5.88 Å². The third kappa shape index (κ3) is 2.42. The summed E-state index contributed by atoms with van der Waals surface area (Å²) in [6.45, 7) is 2.19. The van der Waals surface area contributed by atoms with Crippen molar-refractivity contribution < 1.29 is 4.74 Å². The molecule has 0 saturated carbocycles. The number of nitrogens with zero attached hydrogens (tertiary/aromatic N) is 1. The second-order valence-corrected chi connectivity index (χ2v) is 4.50. The van der Waals surface area contributed by atoms with Crippen molar-refractivity contribution in [3.8, 4) is 16.5 Å². The Morgan fingerprint density at radius 2 is 2.00 bits per heavy atom. The highest BCUT2D eigenvalue weighted by molar-refractivity contribution is 7.13. The van der Waals surface area contributed by atoms with Gasteiger partial charge in [0, 0.05) is 5.56 Å². The maximum absolute atomic E-state index is 5.08. The fourth-order valence-electron chi connectivity index (χ4n) is 1.59. The Labute approximate surface area is 99.9 Å². The Hall–Kier alpha value is -1.35. The van der Waals surface area contributed by atoms with Gasteiger partial charge in [-0.05, 0) is 12.0 Å². The molecule has 0 aliphatic carbocycles. The van der Waals surface area contributed by atoms with Crippen LogP contribution < -0.4 is 4.74 Å². The number of thiazole rings is 1. The van der Waals surface area contributed by atoms with Gasteiger partial charge in [0.05, 0.1) is 12.5 Å². The van der Waals surface area contributed by atoms with Crippen molar-refractivity contribution in [1.82, 2.24) is 4.98 Å². The predicted molar refractivity (Wildman–Crippen MR) is 68.1 cm³/mol. The van der Waals surface area contributed by atoms with Crippen LogP contribution in [0.5, 0.6) is 5.88 Å². The number of rotatable bonds is 4. The lowest BCUT2D eigenvalue weighted by atomic mass is 10.1. The summed E-state index contributed by atoms with van der Waals surface area (Å²) < 4.78 is 5.08. The molecule has 84 valence electrons. The lowest BCUT2D eigenvalue weighted by Gasteiger charge is -2.00. The van der Waals surface area contributed by atoms with Gasteiger partial charge in [-0.15, -0.1) is 11.3 Å². The molecule has 2 nitrogen and oxygen atoms in total. The van der Waals surface area contributed by atoms with Gasteiger partial charge in [0.1, 0.15) is 5.01 Å². The van der Waals surface area contributed by atoms with Crippen molar-refractivity contribution in [2.75, 3.05) is 7.11 Å². The van der Waals surface area contributed by atoms with E-state index in [9.17, 15) is 0 Å². The van der Waals surface area contributed by atoms with Crippen LogP contribution in [0.3, 0.4) is 0 Å². The van der Waals surface area contributed by atoms with E-state index >= 15 is 0 Å². The van der Waals surface area contributed by atoms with Crippen LogP contribution in [0.15, 0.2) is 29.6 Å². The zero-order valence-electron chi connectivity index (χ0n) is 9.56. The number of aryl methyl sites for hydroxylation is 1. The van der Waals surface area contributed by atoms with Crippen molar-refractivity contribution in [1.29, 1.82) is 0 Å². The van der Waals surface area contributed by atoms with E-state index in [1.807, 2.05) is 5.38 Å². The van der Waals surface area contributed by atoms with Gasteiger partial charge in [0.2, 0.25) is 5.88 Å². The molecule has 2 aromatic rings. The summed E-state index contributed by atoms with van der Waals surface area (Å²) in [7, 11) is 1.64. The van der Waals surface area contributed by atoms with Crippen LogP contribution in [0.25, 0.3) is 10.6 Å². The van der Waals surface area contributed by atoms with Crippen molar-refractivity contribution in [2.24, 2.45) is 0 Å². The predicted octanol–water partition coefficient (Wildman–Crippen LogP) is 3.77. The smallest absolute Gasteiger partial charge is 0.224 e. The Balaban J connectivity index is 2.20. The Morgan fingerprint density at radius 3 is 2.56 bits per heavy atom. The van der Waals surface area contributed by atoms with Crippen molar-refractivity contribution in [3.05, 3.63) is 35.2 Å². The number of hydrogen-bond acceptors (Lipinski definition) is 3. The normalized spacial score (nSPS) is 10.4. The van der Waals surface area contributed by atoms with Crippen LogP contribution in [0.2, 0.25) is 0 Å². The first-order valence-electron chi connectivity index (χ1n) is 5.42. The quantitative estimate of drug-likeness (QED) is 0.802. The first kappa shape index (κ1) is 11.1. The molecule has 0 atom stereocenters. The van der Waals surface area contributed by atoms with Gasteiger partial charge in [-0.25, -0.2) is 4.98 Å². The maximum atomic E-state index is 5.08. The van der Waals surface area contributed by atoms with Gasteiger partial charge in [-0.3, -0.25) is 0 Å². The first-order valence-corrected chi connectivity index (χ1v) is 6.30. The van der Waals surface area contributed by atoms with E-state index in [-0.39, 0.29) is 0 Å². The highest BCUT2D eigenvalue weighted by Gasteiger charge is 2.04. The summed E-state index contributed by atoms with van der Waals surface area (Å²) in [5.41, 5.74) is 2.54. The summed E-state index contributed by atoms with van der Waals surface area (Å²) in [5.74, 6) is 0.692. The molecule has 0 aliphatic heterocycles. The Kier molecular flexibility index (Phi) is 3.57. The number of aromatic nitrogens is 1. The van der Waals surface area contributed by atoms with E-state index in [1.54, 1.807) is 18.4 Å². The maximum Gasteiger partial charge on any atom is 0.224 e. The van der Waals surface area contributed by atoms with Crippen molar-refractivity contribution >= 4 is 11.3 Å². The number of benzene rings is 1. The van der Waals surface area contributed by atoms with E-state index in [4.69, 9.17) is 4.74 Å². The molecule has 16 heavy (non-hydrogen) atoms. The molecule has 0 saturated heterocycles. The average molecular weight is 233 g/mol. The summed E-state index contributed by atoms with van der Waals surface area (Å²) >= 11 is 1.61. The molecule has 0 spiro atoms. The number of ether oxygens (including phenoxy) is 1. The van der Waals surface area contributed by atoms with Crippen LogP contribution in [-0.4, -0.2) is 12.1 Å². The molecular weight excluding hydrogens is 218 g/mol. The minimum Gasteiger partial charge on any atom is -0.480 e. The molecule has 0 N–H and O–H groups in total. The van der Waals surface area contributed by atoms with Gasteiger partial charge in [0.15, 0.2) is 0 Å². The van der Waals surface area contributed by atoms with Crippen LogP contribution in [0, 0.1) is 0 Å². The van der Waals surface area contributed by atoms with Gasteiger partial charge in [0.25, 0.3) is 0 Å². The SMILES string of the molecule is CCCc1ccc(-c2nc(OC)cs2)cc1. The summed E-state index contributed by atoms with van der Waals surface area (Å²) in [4.78, 5) is 4.37. The van der Waals surface area contributed by atoms with E-state index < -0.39 is 0 Å². The molecule has 0 aliphatic rings. The lowest BCUT2D eigenvalue weighted by molar-refractivity contribution is 0.401. The molecular formula is C13H15NOS. The van der Waals surface area contributed by atoms with Crippen molar-refractivity contribution in [3.63, 3.8) is 0 Å². The highest BCUT2D eigenvalue weighted by Crippen LogP contribution is 2.27. The molecule has 3 heteroatoms. The Bertz CT molecular complexity index is 447. The zero-order chi connectivity index (χ0) is 11.4. The van der Waals surface area contributed by atoms with Gasteiger partial charge in [-0.1, -0.05) is 37.6 Å². The van der Waals surface area contributed by atoms with Crippen LogP contribution >= 0.6 is 11.3 Å². The van der Waals surface area contributed by atoms with Crippen LogP contribution in [0.4, 0.5) is 0 Å². The third-order valence-electron chi connectivity index (χ3n) is 2.43. The molecule has 0 amide bonds. The molecule has 1 heterocycles. The largest absolute Gasteiger partial charge is 0.480 e. The second kappa shape index (κ2) is 5.12. The van der Waals surface area contributed by atoms with Gasteiger partial charge >= 0.3 is 0 Å². The minimum atomic E-state index is 0.692. The zero-order valence-corrected chi connectivity index (χ0v) is 10.4. The van der Waals surface area contributed by atoms with E-state index in [0.717, 1.165) is 17.0 Å². The first-order chi connectivity index (χ1) is 7.83. The molecule has 2 rings (SSSR count). The summed E-state index contributed by atoms with van der Waals surface area (Å²) in [6.07, 6.45) is 2.33. The fraction of sp³-hybridized carbons (Fsp3) is 0.308. The molecule has 0 fully saturated rings. The summed E-state index contributed by atoms with van der Waals surface area (Å²) in [5, 5.41) is 2.94. The molecule has 0 radical (unpaired) electrons. The standard InChI is InChI=1S/C13H15NOS/c1-3-4-10-5-7-11(8-6-10)13-14-12(15-2)9-16-13/h5-9H,3-4H2,1-2H3. The lowest BCUT2D eigenvalue weighted by Crippen LogP contribution is -1.84. The van der Waals surface area contributed by atoms with E-state index in [2.05, 4.69) is 36.2 Å². The van der Waals surface area contributed by atoms with E-state index in [1.165, 1.54) is 12.0 Å². The average Bonchev–Trinajstić information content (AvgIpc) is 2.79. The van der Waals surface area contributed by atoms with Crippen molar-refractivity contribution in [2.45, 2.75) is 19.8 Å². The fourth-order valence-corrected chi connectivity index (χ4v) is 2.36. The second-order valence-electron chi connectivity index (χ2n) is 3.64.